The molecule has 0 bridgehead atoms. The van der Waals surface area contributed by atoms with E-state index in [4.69, 9.17) is 0 Å². The number of esters is 1. The van der Waals surface area contributed by atoms with Crippen molar-refractivity contribution in [1.82, 2.24) is 0 Å². The zero-order valence-corrected chi connectivity index (χ0v) is 9.90. The van der Waals surface area contributed by atoms with Crippen LogP contribution < -0.4 is 0 Å². The van der Waals surface area contributed by atoms with E-state index in [2.05, 4.69) is 11.7 Å². The van der Waals surface area contributed by atoms with E-state index in [1.165, 1.54) is 13.2 Å². The second kappa shape index (κ2) is 8.48. The van der Waals surface area contributed by atoms with Gasteiger partial charge in [-0.15, -0.1) is 0 Å². The van der Waals surface area contributed by atoms with Crippen LogP contribution in [0, 0.1) is 5.92 Å². The van der Waals surface area contributed by atoms with Gasteiger partial charge in [-0.3, -0.25) is 0 Å². The molecule has 0 heterocycles. The number of aliphatic hydroxyl groups is 1. The first kappa shape index (κ1) is 14.2. The molecule has 0 aliphatic carbocycles. The molecule has 3 nitrogen and oxygen atoms in total. The third-order valence-corrected chi connectivity index (χ3v) is 2.48. The van der Waals surface area contributed by atoms with Crippen LogP contribution >= 0.6 is 0 Å². The van der Waals surface area contributed by atoms with Crippen LogP contribution in [0.3, 0.4) is 0 Å². The van der Waals surface area contributed by atoms with Gasteiger partial charge in [-0.1, -0.05) is 32.8 Å². The third-order valence-electron chi connectivity index (χ3n) is 2.48. The minimum atomic E-state index is -0.363. The summed E-state index contributed by atoms with van der Waals surface area (Å²) in [6.45, 7) is 4.05. The van der Waals surface area contributed by atoms with Gasteiger partial charge in [0.1, 0.15) is 0 Å². The number of aliphatic hydroxyl groups excluding tert-OH is 1. The van der Waals surface area contributed by atoms with E-state index < -0.39 is 0 Å². The van der Waals surface area contributed by atoms with Crippen LogP contribution in [0.25, 0.3) is 0 Å². The van der Waals surface area contributed by atoms with Gasteiger partial charge in [0.15, 0.2) is 0 Å². The molecule has 0 spiro atoms. The number of carbonyl (C=O) groups is 1. The van der Waals surface area contributed by atoms with Crippen LogP contribution in [0.15, 0.2) is 12.2 Å². The molecule has 0 aromatic carbocycles. The first-order valence-electron chi connectivity index (χ1n) is 5.59. The fourth-order valence-electron chi connectivity index (χ4n) is 1.43. The Morgan fingerprint density at radius 2 is 2.13 bits per heavy atom. The zero-order valence-electron chi connectivity index (χ0n) is 9.90. The lowest BCUT2D eigenvalue weighted by molar-refractivity contribution is -0.134. The lowest BCUT2D eigenvalue weighted by atomic mass is 9.94. The molecule has 0 unspecified atom stereocenters. The molecule has 88 valence electrons. The van der Waals surface area contributed by atoms with Crippen LogP contribution in [-0.4, -0.2) is 24.3 Å². The minimum Gasteiger partial charge on any atom is -0.466 e. The summed E-state index contributed by atoms with van der Waals surface area (Å²) >= 11 is 0. The number of carbonyl (C=O) groups excluding carboxylic acids is 1. The highest BCUT2D eigenvalue weighted by Gasteiger charge is 2.14. The quantitative estimate of drug-likeness (QED) is 0.522. The molecule has 0 aliphatic heterocycles. The van der Waals surface area contributed by atoms with Crippen LogP contribution in [0.4, 0.5) is 0 Å². The molecule has 0 amide bonds. The molecule has 0 aromatic heterocycles. The summed E-state index contributed by atoms with van der Waals surface area (Å²) in [6.07, 6.45) is 6.58. The first-order chi connectivity index (χ1) is 7.15. The number of hydrogen-bond acceptors (Lipinski definition) is 3. The lowest BCUT2D eigenvalue weighted by Gasteiger charge is -2.17. The Morgan fingerprint density at radius 1 is 1.47 bits per heavy atom. The fourth-order valence-corrected chi connectivity index (χ4v) is 1.43. The molecule has 0 radical (unpaired) electrons. The predicted molar refractivity (Wildman–Crippen MR) is 60.5 cm³/mol. The Balaban J connectivity index is 4.22. The zero-order chi connectivity index (χ0) is 11.7. The Hall–Kier alpha value is -0.830. The molecule has 0 rings (SSSR count). The van der Waals surface area contributed by atoms with E-state index in [0.717, 1.165) is 19.3 Å². The second-order valence-electron chi connectivity index (χ2n) is 3.66. The van der Waals surface area contributed by atoms with Crippen molar-refractivity contribution in [3.63, 3.8) is 0 Å². The van der Waals surface area contributed by atoms with Crippen molar-refractivity contribution in [3.8, 4) is 0 Å². The number of ether oxygens (including phenoxy) is 1. The van der Waals surface area contributed by atoms with E-state index >= 15 is 0 Å². The highest BCUT2D eigenvalue weighted by molar-refractivity contribution is 5.81. The molecule has 0 saturated heterocycles. The molecule has 1 N–H and O–H groups in total. The maximum Gasteiger partial charge on any atom is 0.330 e. The molecule has 0 aliphatic rings. The maximum absolute atomic E-state index is 10.9. The molecule has 3 heteroatoms. The standard InChI is InChI=1S/C12H22O3/c1-4-6-7-10(11(13)5-2)8-9-12(14)15-3/h8-11,13H,4-7H2,1-3H3/b9-8+/t10-,11-/m1/s1. The van der Waals surface area contributed by atoms with Crippen molar-refractivity contribution in [2.75, 3.05) is 7.11 Å². The lowest BCUT2D eigenvalue weighted by Crippen LogP contribution is -2.17. The van der Waals surface area contributed by atoms with Crippen molar-refractivity contribution in [2.24, 2.45) is 5.92 Å². The molecule has 0 saturated carbocycles. The van der Waals surface area contributed by atoms with Crippen molar-refractivity contribution in [1.29, 1.82) is 0 Å². The Labute approximate surface area is 92.1 Å². The summed E-state index contributed by atoms with van der Waals surface area (Å²) in [5, 5.41) is 9.73. The van der Waals surface area contributed by atoms with Gasteiger partial charge in [-0.25, -0.2) is 4.79 Å². The summed E-state index contributed by atoms with van der Waals surface area (Å²) in [5.41, 5.74) is 0. The van der Waals surface area contributed by atoms with Gasteiger partial charge in [0.25, 0.3) is 0 Å². The Morgan fingerprint density at radius 3 is 2.60 bits per heavy atom. The van der Waals surface area contributed by atoms with Gasteiger partial charge in [0.2, 0.25) is 0 Å². The molecule has 2 atom stereocenters. The fraction of sp³-hybridized carbons (Fsp3) is 0.750. The number of methoxy groups -OCH3 is 1. The molecular weight excluding hydrogens is 192 g/mol. The van der Waals surface area contributed by atoms with Crippen LogP contribution in [0.5, 0.6) is 0 Å². The van der Waals surface area contributed by atoms with Gasteiger partial charge >= 0.3 is 5.97 Å². The van der Waals surface area contributed by atoms with Crippen LogP contribution in [0.1, 0.15) is 39.5 Å². The highest BCUT2D eigenvalue weighted by Crippen LogP contribution is 2.17. The van der Waals surface area contributed by atoms with E-state index in [1.54, 1.807) is 6.08 Å². The second-order valence-corrected chi connectivity index (χ2v) is 3.66. The van der Waals surface area contributed by atoms with E-state index in [9.17, 15) is 9.90 Å². The monoisotopic (exact) mass is 214 g/mol. The van der Waals surface area contributed by atoms with Crippen LogP contribution in [-0.2, 0) is 9.53 Å². The van der Waals surface area contributed by atoms with Gasteiger partial charge < -0.3 is 9.84 Å². The SMILES string of the molecule is CCCC[C@H](/C=C/C(=O)OC)[C@H](O)CC. The van der Waals surface area contributed by atoms with Crippen molar-refractivity contribution < 1.29 is 14.6 Å². The summed E-state index contributed by atoms with van der Waals surface area (Å²) in [6, 6.07) is 0. The topological polar surface area (TPSA) is 46.5 Å². The minimum absolute atomic E-state index is 0.0639. The third kappa shape index (κ3) is 6.28. The highest BCUT2D eigenvalue weighted by atomic mass is 16.5. The smallest absolute Gasteiger partial charge is 0.330 e. The first-order valence-corrected chi connectivity index (χ1v) is 5.59. The molecule has 15 heavy (non-hydrogen) atoms. The van der Waals surface area contributed by atoms with Gasteiger partial charge in [0.05, 0.1) is 13.2 Å². The molecule has 0 aromatic rings. The van der Waals surface area contributed by atoms with Gasteiger partial charge in [-0.05, 0) is 12.8 Å². The van der Waals surface area contributed by atoms with E-state index in [1.807, 2.05) is 6.92 Å². The number of rotatable bonds is 7. The largest absolute Gasteiger partial charge is 0.466 e. The Bertz CT molecular complexity index is 199. The van der Waals surface area contributed by atoms with Crippen molar-refractivity contribution in [2.45, 2.75) is 45.6 Å². The molecule has 0 fully saturated rings. The number of hydrogen-bond donors (Lipinski definition) is 1. The average molecular weight is 214 g/mol. The average Bonchev–Trinajstić information content (AvgIpc) is 2.27. The Kier molecular flexibility index (Phi) is 8.01. The summed E-state index contributed by atoms with van der Waals surface area (Å²) in [7, 11) is 1.35. The molecular formula is C12H22O3. The maximum atomic E-state index is 10.9. The van der Waals surface area contributed by atoms with Crippen LogP contribution in [0.2, 0.25) is 0 Å². The normalized spacial score (nSPS) is 15.2. The van der Waals surface area contributed by atoms with E-state index in [-0.39, 0.29) is 18.0 Å². The number of unbranched alkanes of at least 4 members (excludes halogenated alkanes) is 1. The summed E-state index contributed by atoms with van der Waals surface area (Å²) < 4.78 is 4.51. The van der Waals surface area contributed by atoms with Crippen molar-refractivity contribution in [3.05, 3.63) is 12.2 Å². The predicted octanol–water partition coefficient (Wildman–Crippen LogP) is 2.29. The summed E-state index contributed by atoms with van der Waals surface area (Å²) in [5.74, 6) is -0.297. The summed E-state index contributed by atoms with van der Waals surface area (Å²) in [4.78, 5) is 10.9. The van der Waals surface area contributed by atoms with Gasteiger partial charge in [0, 0.05) is 12.0 Å². The van der Waals surface area contributed by atoms with E-state index in [0.29, 0.717) is 6.42 Å². The van der Waals surface area contributed by atoms with Gasteiger partial charge in [-0.2, -0.15) is 0 Å². The van der Waals surface area contributed by atoms with Crippen molar-refractivity contribution >= 4 is 5.97 Å².